The molecule has 1 aromatic heterocycles. The van der Waals surface area contributed by atoms with Crippen LogP contribution in [0, 0.1) is 5.82 Å². The van der Waals surface area contributed by atoms with Gasteiger partial charge in [0.05, 0.1) is 12.1 Å². The fourth-order valence-corrected chi connectivity index (χ4v) is 2.56. The number of benzene rings is 2. The van der Waals surface area contributed by atoms with Crippen LogP contribution < -0.4 is 4.74 Å². The first-order valence-electron chi connectivity index (χ1n) is 8.40. The molecule has 1 N–H and O–H groups in total. The number of hydroxylamine groups is 2. The zero-order chi connectivity index (χ0) is 19.2. The first-order chi connectivity index (χ1) is 13.0. The average Bonchev–Trinajstić information content (AvgIpc) is 2.68. The molecule has 2 aromatic carbocycles. The van der Waals surface area contributed by atoms with Crippen LogP contribution in [0.3, 0.4) is 0 Å². The molecule has 0 aliphatic carbocycles. The third-order valence-corrected chi connectivity index (χ3v) is 4.03. The van der Waals surface area contributed by atoms with Gasteiger partial charge in [0, 0.05) is 18.8 Å². The highest BCUT2D eigenvalue weighted by Crippen LogP contribution is 2.26. The van der Waals surface area contributed by atoms with Crippen molar-refractivity contribution in [2.45, 2.75) is 13.0 Å². The van der Waals surface area contributed by atoms with E-state index in [1.54, 1.807) is 42.6 Å². The molecule has 3 rings (SSSR count). The molecule has 27 heavy (non-hydrogen) atoms. The molecule has 0 aliphatic rings. The van der Waals surface area contributed by atoms with E-state index in [2.05, 4.69) is 4.98 Å². The maximum absolute atomic E-state index is 14.4. The zero-order valence-corrected chi connectivity index (χ0v) is 14.8. The molecule has 0 saturated heterocycles. The number of ether oxygens (including phenoxy) is 1. The molecule has 0 atom stereocenters. The predicted molar refractivity (Wildman–Crippen MR) is 98.7 cm³/mol. The van der Waals surface area contributed by atoms with Gasteiger partial charge in [-0.05, 0) is 41.5 Å². The number of carbonyl (C=O) groups excluding carboxylic acids is 1. The quantitative estimate of drug-likeness (QED) is 0.532. The monoisotopic (exact) mass is 366 g/mol. The molecule has 0 saturated carbocycles. The predicted octanol–water partition coefficient (Wildman–Crippen LogP) is 3.86. The van der Waals surface area contributed by atoms with Crippen LogP contribution in [0.5, 0.6) is 5.75 Å². The van der Waals surface area contributed by atoms with E-state index >= 15 is 0 Å². The van der Waals surface area contributed by atoms with Gasteiger partial charge in [0.15, 0.2) is 0 Å². The standard InChI is InChI=1S/C21H19FN2O3/c1-24(26)21(25)13-15-5-10-19(20(22)12-15)16-6-8-18(9-7-16)27-14-17-4-2-3-11-23-17/h2-12,26H,13-14H2,1H3. The summed E-state index contributed by atoms with van der Waals surface area (Å²) in [5.74, 6) is -0.266. The molecular formula is C21H19FN2O3. The minimum atomic E-state index is -0.503. The number of likely N-dealkylation sites (N-methyl/N-ethyl adjacent to an activating group) is 1. The Morgan fingerprint density at radius 1 is 1.15 bits per heavy atom. The SMILES string of the molecule is CN(O)C(=O)Cc1ccc(-c2ccc(OCc3ccccn3)cc2)c(F)c1. The molecule has 0 radical (unpaired) electrons. The van der Waals surface area contributed by atoms with Crippen molar-refractivity contribution in [1.82, 2.24) is 10.0 Å². The molecule has 0 bridgehead atoms. The summed E-state index contributed by atoms with van der Waals surface area (Å²) in [5, 5.41) is 9.60. The lowest BCUT2D eigenvalue weighted by Crippen LogP contribution is -2.24. The summed E-state index contributed by atoms with van der Waals surface area (Å²) in [6.45, 7) is 0.358. The van der Waals surface area contributed by atoms with E-state index in [0.29, 0.717) is 34.1 Å². The van der Waals surface area contributed by atoms with Gasteiger partial charge < -0.3 is 4.74 Å². The number of hydrogen-bond donors (Lipinski definition) is 1. The van der Waals surface area contributed by atoms with Crippen molar-refractivity contribution in [3.8, 4) is 16.9 Å². The molecule has 0 aliphatic heterocycles. The van der Waals surface area contributed by atoms with Crippen LogP contribution >= 0.6 is 0 Å². The lowest BCUT2D eigenvalue weighted by Gasteiger charge is -2.10. The fraction of sp³-hybridized carbons (Fsp3) is 0.143. The average molecular weight is 366 g/mol. The van der Waals surface area contributed by atoms with Gasteiger partial charge in [-0.25, -0.2) is 9.45 Å². The minimum Gasteiger partial charge on any atom is -0.487 e. The molecule has 1 amide bonds. The number of rotatable bonds is 6. The number of nitrogens with zero attached hydrogens (tertiary/aromatic N) is 2. The smallest absolute Gasteiger partial charge is 0.250 e. The molecule has 138 valence electrons. The largest absolute Gasteiger partial charge is 0.487 e. The summed E-state index contributed by atoms with van der Waals surface area (Å²) in [7, 11) is 1.24. The van der Waals surface area contributed by atoms with Crippen LogP contribution in [-0.4, -0.2) is 28.2 Å². The molecule has 5 nitrogen and oxygen atoms in total. The highest BCUT2D eigenvalue weighted by Gasteiger charge is 2.11. The minimum absolute atomic E-state index is 0.0650. The zero-order valence-electron chi connectivity index (χ0n) is 14.8. The van der Waals surface area contributed by atoms with E-state index < -0.39 is 11.7 Å². The first-order valence-corrected chi connectivity index (χ1v) is 8.40. The van der Waals surface area contributed by atoms with Crippen LogP contribution in [-0.2, 0) is 17.8 Å². The van der Waals surface area contributed by atoms with Gasteiger partial charge in [-0.3, -0.25) is 15.0 Å². The lowest BCUT2D eigenvalue weighted by molar-refractivity contribution is -0.158. The topological polar surface area (TPSA) is 62.7 Å². The normalized spacial score (nSPS) is 10.5. The van der Waals surface area contributed by atoms with Crippen molar-refractivity contribution in [2.24, 2.45) is 0 Å². The lowest BCUT2D eigenvalue weighted by atomic mass is 10.0. The molecule has 1 heterocycles. The van der Waals surface area contributed by atoms with E-state index in [4.69, 9.17) is 9.94 Å². The maximum Gasteiger partial charge on any atom is 0.250 e. The van der Waals surface area contributed by atoms with Crippen molar-refractivity contribution in [3.63, 3.8) is 0 Å². The van der Waals surface area contributed by atoms with Crippen LogP contribution in [0.1, 0.15) is 11.3 Å². The van der Waals surface area contributed by atoms with Crippen LogP contribution in [0.4, 0.5) is 4.39 Å². The number of amides is 1. The third kappa shape index (κ3) is 4.89. The van der Waals surface area contributed by atoms with Gasteiger partial charge in [-0.2, -0.15) is 0 Å². The maximum atomic E-state index is 14.4. The summed E-state index contributed by atoms with van der Waals surface area (Å²) in [6, 6.07) is 17.3. The Balaban J connectivity index is 1.68. The van der Waals surface area contributed by atoms with E-state index in [1.807, 2.05) is 18.2 Å². The molecule has 3 aromatic rings. The molecule has 0 fully saturated rings. The number of aromatic nitrogens is 1. The van der Waals surface area contributed by atoms with Crippen molar-refractivity contribution in [3.05, 3.63) is 83.9 Å². The Hall–Kier alpha value is -3.25. The summed E-state index contributed by atoms with van der Waals surface area (Å²) in [5.41, 5.74) is 2.46. The van der Waals surface area contributed by atoms with E-state index in [0.717, 1.165) is 5.69 Å². The van der Waals surface area contributed by atoms with Crippen molar-refractivity contribution in [1.29, 1.82) is 0 Å². The Morgan fingerprint density at radius 3 is 2.56 bits per heavy atom. The number of carbonyl (C=O) groups is 1. The second-order valence-corrected chi connectivity index (χ2v) is 6.04. The number of pyridine rings is 1. The molecule has 0 spiro atoms. The summed E-state index contributed by atoms with van der Waals surface area (Å²) < 4.78 is 20.1. The van der Waals surface area contributed by atoms with Gasteiger partial charge in [0.25, 0.3) is 0 Å². The van der Waals surface area contributed by atoms with Gasteiger partial charge in [-0.1, -0.05) is 30.3 Å². The van der Waals surface area contributed by atoms with Gasteiger partial charge in [0.2, 0.25) is 5.91 Å². The Morgan fingerprint density at radius 2 is 1.93 bits per heavy atom. The number of halogens is 1. The van der Waals surface area contributed by atoms with Gasteiger partial charge in [0.1, 0.15) is 18.2 Å². The van der Waals surface area contributed by atoms with E-state index in [9.17, 15) is 9.18 Å². The molecule has 0 unspecified atom stereocenters. The Labute approximate surface area is 156 Å². The Bertz CT molecular complexity index is 912. The molecular weight excluding hydrogens is 347 g/mol. The second kappa shape index (κ2) is 8.42. The highest BCUT2D eigenvalue weighted by molar-refractivity contribution is 5.77. The van der Waals surface area contributed by atoms with Crippen molar-refractivity contribution in [2.75, 3.05) is 7.05 Å². The third-order valence-electron chi connectivity index (χ3n) is 4.03. The van der Waals surface area contributed by atoms with Crippen LogP contribution in [0.25, 0.3) is 11.1 Å². The van der Waals surface area contributed by atoms with Crippen LogP contribution in [0.2, 0.25) is 0 Å². The molecule has 6 heteroatoms. The Kier molecular flexibility index (Phi) is 5.78. The summed E-state index contributed by atoms with van der Waals surface area (Å²) >= 11 is 0. The highest BCUT2D eigenvalue weighted by atomic mass is 19.1. The van der Waals surface area contributed by atoms with Gasteiger partial charge in [-0.15, -0.1) is 0 Å². The first kappa shape index (κ1) is 18.5. The van der Waals surface area contributed by atoms with Crippen molar-refractivity contribution >= 4 is 5.91 Å². The van der Waals surface area contributed by atoms with E-state index in [-0.39, 0.29) is 6.42 Å². The fourth-order valence-electron chi connectivity index (χ4n) is 2.56. The second-order valence-electron chi connectivity index (χ2n) is 6.04. The van der Waals surface area contributed by atoms with E-state index in [1.165, 1.54) is 13.1 Å². The van der Waals surface area contributed by atoms with Gasteiger partial charge >= 0.3 is 0 Å². The summed E-state index contributed by atoms with van der Waals surface area (Å²) in [4.78, 5) is 15.7. The summed E-state index contributed by atoms with van der Waals surface area (Å²) in [6.07, 6.45) is 1.64. The van der Waals surface area contributed by atoms with Crippen LogP contribution in [0.15, 0.2) is 66.9 Å². The number of hydrogen-bond acceptors (Lipinski definition) is 4. The van der Waals surface area contributed by atoms with Crippen molar-refractivity contribution < 1.29 is 19.1 Å².